The Morgan fingerprint density at radius 2 is 1.41 bits per heavy atom. The van der Waals surface area contributed by atoms with Crippen LogP contribution in [-0.4, -0.2) is 29.4 Å². The molecule has 4 heteroatoms. The molecule has 32 heavy (non-hydrogen) atoms. The first-order chi connectivity index (χ1) is 15.6. The standard InChI is InChI=1S/C28H47ClOP2/c1-4-21-13-15-25(5-2)31-27-11-7-8-12-28(27)32-26(6-3)16-14-22(19-23(29)18-21)20-24-10-9-17-30-24/h7-8,11-12,21-26,31-32H,4-6,9-10,13-20H2,1-3H3/t21-,22-,23?,24?,25-,26-/m1/s1. The molecular formula is C28H47ClOP2. The van der Waals surface area contributed by atoms with Gasteiger partial charge < -0.3 is 4.74 Å². The number of hydrogen-bond donors (Lipinski definition) is 0. The van der Waals surface area contributed by atoms with Crippen LogP contribution in [0, 0.1) is 11.8 Å². The van der Waals surface area contributed by atoms with Crippen LogP contribution < -0.4 is 10.6 Å². The van der Waals surface area contributed by atoms with Crippen molar-refractivity contribution in [2.24, 2.45) is 11.8 Å². The maximum absolute atomic E-state index is 7.05. The summed E-state index contributed by atoms with van der Waals surface area (Å²) in [4.78, 5) is 0. The molecule has 0 bridgehead atoms. The molecule has 0 aliphatic carbocycles. The minimum Gasteiger partial charge on any atom is -0.378 e. The second kappa shape index (κ2) is 14.7. The first-order valence-electron chi connectivity index (χ1n) is 13.5. The monoisotopic (exact) mass is 496 g/mol. The zero-order valence-electron chi connectivity index (χ0n) is 20.8. The predicted octanol–water partition coefficient (Wildman–Crippen LogP) is 8.02. The van der Waals surface area contributed by atoms with Crippen LogP contribution in [0.3, 0.4) is 0 Å². The van der Waals surface area contributed by atoms with E-state index in [2.05, 4.69) is 45.0 Å². The average molecular weight is 497 g/mol. The highest BCUT2D eigenvalue weighted by atomic mass is 35.5. The van der Waals surface area contributed by atoms with Crippen LogP contribution in [0.25, 0.3) is 0 Å². The number of ether oxygens (including phenoxy) is 1. The molecule has 2 aliphatic rings. The van der Waals surface area contributed by atoms with E-state index in [0.717, 1.165) is 46.9 Å². The van der Waals surface area contributed by atoms with Gasteiger partial charge in [0.15, 0.2) is 0 Å². The van der Waals surface area contributed by atoms with E-state index in [-0.39, 0.29) is 0 Å². The van der Waals surface area contributed by atoms with Crippen molar-refractivity contribution in [3.8, 4) is 0 Å². The second-order valence-electron chi connectivity index (χ2n) is 10.3. The molecule has 0 radical (unpaired) electrons. The molecule has 0 saturated carbocycles. The van der Waals surface area contributed by atoms with Crippen LogP contribution in [0.15, 0.2) is 24.3 Å². The highest BCUT2D eigenvalue weighted by Crippen LogP contribution is 2.36. The van der Waals surface area contributed by atoms with E-state index in [4.69, 9.17) is 16.3 Å². The van der Waals surface area contributed by atoms with Gasteiger partial charge in [-0.1, -0.05) is 68.6 Å². The molecule has 0 N–H and O–H groups in total. The van der Waals surface area contributed by atoms with Crippen molar-refractivity contribution < 1.29 is 4.74 Å². The van der Waals surface area contributed by atoms with Gasteiger partial charge in [0.2, 0.25) is 0 Å². The van der Waals surface area contributed by atoms with Crippen molar-refractivity contribution in [2.75, 3.05) is 6.61 Å². The molecule has 1 fully saturated rings. The summed E-state index contributed by atoms with van der Waals surface area (Å²) in [6.45, 7) is 8.13. The molecule has 4 unspecified atom stereocenters. The maximum Gasteiger partial charge on any atom is 0.0578 e. The molecule has 8 atom stereocenters. The summed E-state index contributed by atoms with van der Waals surface area (Å²) in [6, 6.07) is 9.40. The van der Waals surface area contributed by atoms with Gasteiger partial charge in [-0.3, -0.25) is 0 Å². The van der Waals surface area contributed by atoms with Gasteiger partial charge in [-0.15, -0.1) is 11.6 Å². The van der Waals surface area contributed by atoms with Gasteiger partial charge in [-0.2, -0.15) is 0 Å². The SMILES string of the molecule is CC[C@@H]1CC[C@@H](CC)Pc2ccccc2P[C@H](CC)CC[C@@H](CC2CCCO2)CC(Cl)C1. The topological polar surface area (TPSA) is 9.23 Å². The molecule has 3 rings (SSSR count). The van der Waals surface area contributed by atoms with Crippen LogP contribution in [0.2, 0.25) is 0 Å². The zero-order valence-corrected chi connectivity index (χ0v) is 23.5. The molecule has 1 nitrogen and oxygen atoms in total. The van der Waals surface area contributed by atoms with E-state index < -0.39 is 0 Å². The van der Waals surface area contributed by atoms with E-state index in [9.17, 15) is 0 Å². The minimum absolute atomic E-state index is 0.332. The quantitative estimate of drug-likeness (QED) is 0.296. The summed E-state index contributed by atoms with van der Waals surface area (Å²) >= 11 is 7.05. The molecule has 2 heterocycles. The Hall–Kier alpha value is 0.330. The lowest BCUT2D eigenvalue weighted by Crippen LogP contribution is -2.21. The summed E-state index contributed by atoms with van der Waals surface area (Å²) in [5, 5.41) is 3.65. The fourth-order valence-electron chi connectivity index (χ4n) is 5.65. The van der Waals surface area contributed by atoms with Gasteiger partial charge in [0.05, 0.1) is 6.10 Å². The lowest BCUT2D eigenvalue weighted by Gasteiger charge is -2.26. The molecule has 1 saturated heterocycles. The molecule has 0 spiro atoms. The van der Waals surface area contributed by atoms with Gasteiger partial charge in [0, 0.05) is 12.0 Å². The summed E-state index contributed by atoms with van der Waals surface area (Å²) < 4.78 is 6.04. The Morgan fingerprint density at radius 3 is 1.94 bits per heavy atom. The summed E-state index contributed by atoms with van der Waals surface area (Å²) in [7, 11) is 1.92. The van der Waals surface area contributed by atoms with E-state index in [1.54, 1.807) is 10.6 Å². The average Bonchev–Trinajstić information content (AvgIpc) is 3.31. The van der Waals surface area contributed by atoms with E-state index >= 15 is 0 Å². The Bertz CT molecular complexity index is 648. The first-order valence-corrected chi connectivity index (χ1v) is 16.1. The predicted molar refractivity (Wildman–Crippen MR) is 149 cm³/mol. The fraction of sp³-hybridized carbons (Fsp3) is 0.786. The third-order valence-corrected chi connectivity index (χ3v) is 12.2. The molecule has 182 valence electrons. The zero-order chi connectivity index (χ0) is 22.8. The third-order valence-electron chi connectivity index (χ3n) is 7.85. The molecular weight excluding hydrogens is 450 g/mol. The van der Waals surface area contributed by atoms with Crippen LogP contribution in [-0.2, 0) is 4.74 Å². The highest BCUT2D eigenvalue weighted by Gasteiger charge is 2.26. The van der Waals surface area contributed by atoms with Gasteiger partial charge in [-0.25, -0.2) is 0 Å². The maximum atomic E-state index is 7.05. The summed E-state index contributed by atoms with van der Waals surface area (Å²) in [6.07, 6.45) is 15.9. The number of benzene rings is 1. The molecule has 1 aromatic rings. The summed E-state index contributed by atoms with van der Waals surface area (Å²) in [5.74, 6) is 1.51. The van der Waals surface area contributed by atoms with Crippen molar-refractivity contribution in [1.82, 2.24) is 0 Å². The van der Waals surface area contributed by atoms with Crippen LogP contribution >= 0.6 is 28.8 Å². The lowest BCUT2D eigenvalue weighted by molar-refractivity contribution is 0.0858. The van der Waals surface area contributed by atoms with Gasteiger partial charge in [0.1, 0.15) is 0 Å². The molecule has 0 aromatic heterocycles. The van der Waals surface area contributed by atoms with Gasteiger partial charge in [-0.05, 0) is 104 Å². The smallest absolute Gasteiger partial charge is 0.0578 e. The Morgan fingerprint density at radius 1 is 0.812 bits per heavy atom. The Labute approximate surface area is 207 Å². The summed E-state index contributed by atoms with van der Waals surface area (Å²) in [5.41, 5.74) is 1.65. The Balaban J connectivity index is 1.77. The first kappa shape index (κ1) is 26.9. The van der Waals surface area contributed by atoms with Crippen molar-refractivity contribution in [3.63, 3.8) is 0 Å². The normalized spacial score (nSPS) is 34.8. The minimum atomic E-state index is 0.332. The van der Waals surface area contributed by atoms with E-state index in [1.165, 1.54) is 77.0 Å². The molecule has 2 aliphatic heterocycles. The van der Waals surface area contributed by atoms with Crippen molar-refractivity contribution >= 4 is 39.4 Å². The number of halogens is 1. The number of fused-ring (bicyclic) bond motifs is 1. The number of alkyl halides is 1. The third kappa shape index (κ3) is 8.84. The second-order valence-corrected chi connectivity index (χ2v) is 14.2. The van der Waals surface area contributed by atoms with Crippen molar-refractivity contribution in [1.29, 1.82) is 0 Å². The molecule has 0 amide bonds. The fourth-order valence-corrected chi connectivity index (χ4v) is 9.36. The highest BCUT2D eigenvalue weighted by molar-refractivity contribution is 7.55. The van der Waals surface area contributed by atoms with Crippen LogP contribution in [0.1, 0.15) is 97.8 Å². The van der Waals surface area contributed by atoms with Crippen LogP contribution in [0.5, 0.6) is 0 Å². The van der Waals surface area contributed by atoms with Gasteiger partial charge in [0.25, 0.3) is 0 Å². The molecule has 1 aromatic carbocycles. The van der Waals surface area contributed by atoms with E-state index in [1.807, 2.05) is 0 Å². The van der Waals surface area contributed by atoms with Crippen molar-refractivity contribution in [3.05, 3.63) is 24.3 Å². The number of rotatable bonds is 5. The number of hydrogen-bond acceptors (Lipinski definition) is 1. The lowest BCUT2D eigenvalue weighted by atomic mass is 9.86. The van der Waals surface area contributed by atoms with Crippen molar-refractivity contribution in [2.45, 2.75) is 121 Å². The Kier molecular flexibility index (Phi) is 12.3. The van der Waals surface area contributed by atoms with Gasteiger partial charge >= 0.3 is 0 Å². The largest absolute Gasteiger partial charge is 0.378 e. The van der Waals surface area contributed by atoms with E-state index in [0.29, 0.717) is 11.5 Å². The van der Waals surface area contributed by atoms with Crippen LogP contribution in [0.4, 0.5) is 0 Å².